The van der Waals surface area contributed by atoms with E-state index in [0.717, 1.165) is 13.1 Å². The molecule has 0 radical (unpaired) electrons. The van der Waals surface area contributed by atoms with Crippen LogP contribution in [0.1, 0.15) is 18.4 Å². The van der Waals surface area contributed by atoms with Crippen molar-refractivity contribution < 1.29 is 0 Å². The third-order valence-corrected chi connectivity index (χ3v) is 2.86. The maximum absolute atomic E-state index is 7.25. The molecule has 0 amide bonds. The molecule has 15 heavy (non-hydrogen) atoms. The van der Waals surface area contributed by atoms with E-state index in [1.54, 1.807) is 0 Å². The average molecular weight is 203 g/mol. The summed E-state index contributed by atoms with van der Waals surface area (Å²) in [6.07, 6.45) is 3.04. The molecule has 80 valence electrons. The molecule has 0 saturated heterocycles. The first-order valence-electron chi connectivity index (χ1n) is 5.43. The number of nitrogens with one attached hydrogen (secondary N) is 1. The van der Waals surface area contributed by atoms with E-state index in [2.05, 4.69) is 29.2 Å². The molecule has 2 rings (SSSR count). The molecule has 1 aromatic carbocycles. The zero-order valence-electron chi connectivity index (χ0n) is 8.87. The van der Waals surface area contributed by atoms with Crippen LogP contribution in [-0.4, -0.2) is 18.9 Å². The molecule has 0 atom stereocenters. The lowest BCUT2D eigenvalue weighted by molar-refractivity contribution is 0.696. The Hall–Kier alpha value is -1.51. The van der Waals surface area contributed by atoms with E-state index in [-0.39, 0.29) is 5.84 Å². The van der Waals surface area contributed by atoms with Gasteiger partial charge in [-0.1, -0.05) is 18.2 Å². The number of benzene rings is 1. The lowest BCUT2D eigenvalue weighted by Gasteiger charge is -2.31. The van der Waals surface area contributed by atoms with Gasteiger partial charge in [0.05, 0.1) is 5.84 Å². The third-order valence-electron chi connectivity index (χ3n) is 2.86. The summed E-state index contributed by atoms with van der Waals surface area (Å²) in [5.41, 5.74) is 8.13. The highest BCUT2D eigenvalue weighted by Crippen LogP contribution is 2.26. The van der Waals surface area contributed by atoms with Crippen molar-refractivity contribution in [3.63, 3.8) is 0 Å². The smallest absolute Gasteiger partial charge is 0.0923 e. The van der Waals surface area contributed by atoms with Crippen LogP contribution in [0, 0.1) is 5.41 Å². The van der Waals surface area contributed by atoms with Gasteiger partial charge in [0.2, 0.25) is 0 Å². The summed E-state index contributed by atoms with van der Waals surface area (Å²) in [5, 5.41) is 7.25. The Kier molecular flexibility index (Phi) is 2.90. The Morgan fingerprint density at radius 2 is 2.20 bits per heavy atom. The number of fused-ring (bicyclic) bond motifs is 1. The Bertz CT molecular complexity index is 360. The Morgan fingerprint density at radius 1 is 1.40 bits per heavy atom. The number of aryl methyl sites for hydroxylation is 1. The van der Waals surface area contributed by atoms with E-state index < -0.39 is 0 Å². The van der Waals surface area contributed by atoms with Crippen molar-refractivity contribution in [2.24, 2.45) is 5.73 Å². The molecule has 0 unspecified atom stereocenters. The molecule has 1 aliphatic rings. The van der Waals surface area contributed by atoms with Crippen LogP contribution in [0.25, 0.3) is 0 Å². The first-order valence-corrected chi connectivity index (χ1v) is 5.43. The summed E-state index contributed by atoms with van der Waals surface area (Å²) in [6, 6.07) is 8.52. The van der Waals surface area contributed by atoms with Gasteiger partial charge in [-0.05, 0) is 24.5 Å². The van der Waals surface area contributed by atoms with Crippen molar-refractivity contribution in [3.05, 3.63) is 29.8 Å². The topological polar surface area (TPSA) is 53.1 Å². The normalized spacial score (nSPS) is 14.8. The molecule has 0 spiro atoms. The van der Waals surface area contributed by atoms with Gasteiger partial charge in [0.15, 0.2) is 0 Å². The predicted octanol–water partition coefficient (Wildman–Crippen LogP) is 1.77. The van der Waals surface area contributed by atoms with Gasteiger partial charge in [-0.15, -0.1) is 0 Å². The van der Waals surface area contributed by atoms with Crippen LogP contribution in [0.5, 0.6) is 0 Å². The summed E-state index contributed by atoms with van der Waals surface area (Å²) in [7, 11) is 0. The fraction of sp³-hybridized carbons (Fsp3) is 0.417. The minimum absolute atomic E-state index is 0.276. The quantitative estimate of drug-likeness (QED) is 0.581. The van der Waals surface area contributed by atoms with E-state index in [9.17, 15) is 0 Å². The van der Waals surface area contributed by atoms with Gasteiger partial charge in [0.25, 0.3) is 0 Å². The minimum Gasteiger partial charge on any atom is -0.388 e. The Morgan fingerprint density at radius 3 is 3.00 bits per heavy atom. The average Bonchev–Trinajstić information content (AvgIpc) is 2.26. The number of anilines is 1. The van der Waals surface area contributed by atoms with Crippen molar-refractivity contribution in [2.75, 3.05) is 18.0 Å². The fourth-order valence-corrected chi connectivity index (χ4v) is 2.10. The molecule has 3 heteroatoms. The van der Waals surface area contributed by atoms with E-state index in [0.29, 0.717) is 6.42 Å². The molecule has 0 saturated carbocycles. The molecule has 1 aromatic rings. The van der Waals surface area contributed by atoms with Crippen LogP contribution in [0.3, 0.4) is 0 Å². The summed E-state index contributed by atoms with van der Waals surface area (Å²) in [5.74, 6) is 0.276. The molecule has 3 N–H and O–H groups in total. The summed E-state index contributed by atoms with van der Waals surface area (Å²) < 4.78 is 0. The van der Waals surface area contributed by atoms with E-state index in [1.165, 1.54) is 24.1 Å². The largest absolute Gasteiger partial charge is 0.388 e. The highest BCUT2D eigenvalue weighted by Gasteiger charge is 2.15. The number of para-hydroxylation sites is 1. The maximum atomic E-state index is 7.25. The lowest BCUT2D eigenvalue weighted by atomic mass is 10.0. The van der Waals surface area contributed by atoms with Crippen LogP contribution in [0.2, 0.25) is 0 Å². The van der Waals surface area contributed by atoms with Crippen molar-refractivity contribution in [2.45, 2.75) is 19.3 Å². The summed E-state index contributed by atoms with van der Waals surface area (Å²) >= 11 is 0. The van der Waals surface area contributed by atoms with E-state index in [4.69, 9.17) is 11.1 Å². The first kappa shape index (κ1) is 10.0. The second-order valence-corrected chi connectivity index (χ2v) is 3.99. The number of amidine groups is 1. The van der Waals surface area contributed by atoms with Crippen molar-refractivity contribution in [1.82, 2.24) is 0 Å². The van der Waals surface area contributed by atoms with Gasteiger partial charge in [-0.25, -0.2) is 0 Å². The predicted molar refractivity (Wildman–Crippen MR) is 63.5 cm³/mol. The molecule has 0 aromatic heterocycles. The number of rotatable bonds is 3. The van der Waals surface area contributed by atoms with Crippen molar-refractivity contribution in [3.8, 4) is 0 Å². The molecule has 0 fully saturated rings. The minimum atomic E-state index is 0.276. The van der Waals surface area contributed by atoms with Gasteiger partial charge in [-0.3, -0.25) is 5.41 Å². The van der Waals surface area contributed by atoms with Crippen LogP contribution >= 0.6 is 0 Å². The number of nitrogens with two attached hydrogens (primary N) is 1. The molecule has 1 aliphatic heterocycles. The van der Waals surface area contributed by atoms with Crippen molar-refractivity contribution in [1.29, 1.82) is 5.41 Å². The van der Waals surface area contributed by atoms with E-state index in [1.807, 2.05) is 0 Å². The molecule has 0 bridgehead atoms. The second kappa shape index (κ2) is 4.34. The lowest BCUT2D eigenvalue weighted by Crippen LogP contribution is -2.32. The van der Waals surface area contributed by atoms with Gasteiger partial charge in [-0.2, -0.15) is 0 Å². The number of hydrogen-bond donors (Lipinski definition) is 2. The number of nitrogens with zero attached hydrogens (tertiary/aromatic N) is 1. The molecular weight excluding hydrogens is 186 g/mol. The van der Waals surface area contributed by atoms with Crippen LogP contribution < -0.4 is 10.6 Å². The molecule has 3 nitrogen and oxygen atoms in total. The fourth-order valence-electron chi connectivity index (χ4n) is 2.10. The van der Waals surface area contributed by atoms with Crippen LogP contribution in [-0.2, 0) is 6.42 Å². The zero-order chi connectivity index (χ0) is 10.7. The number of hydrogen-bond acceptors (Lipinski definition) is 2. The molecular formula is C12H17N3. The second-order valence-electron chi connectivity index (χ2n) is 3.99. The standard InChI is InChI=1S/C12H17N3/c13-12(14)7-9-15-8-3-5-10-4-1-2-6-11(10)15/h1-2,4,6H,3,5,7-9H2,(H3,13,14). The van der Waals surface area contributed by atoms with Gasteiger partial charge in [0.1, 0.15) is 0 Å². The van der Waals surface area contributed by atoms with Crippen LogP contribution in [0.4, 0.5) is 5.69 Å². The van der Waals surface area contributed by atoms with Crippen LogP contribution in [0.15, 0.2) is 24.3 Å². The summed E-state index contributed by atoms with van der Waals surface area (Å²) in [6.45, 7) is 1.96. The Labute approximate surface area is 90.4 Å². The van der Waals surface area contributed by atoms with E-state index >= 15 is 0 Å². The third kappa shape index (κ3) is 2.29. The van der Waals surface area contributed by atoms with Gasteiger partial charge in [0, 0.05) is 25.2 Å². The zero-order valence-corrected chi connectivity index (χ0v) is 8.87. The monoisotopic (exact) mass is 203 g/mol. The first-order chi connectivity index (χ1) is 7.27. The van der Waals surface area contributed by atoms with Crippen molar-refractivity contribution >= 4 is 11.5 Å². The maximum Gasteiger partial charge on any atom is 0.0923 e. The summed E-state index contributed by atoms with van der Waals surface area (Å²) in [4.78, 5) is 2.33. The highest BCUT2D eigenvalue weighted by atomic mass is 15.1. The highest BCUT2D eigenvalue weighted by molar-refractivity contribution is 5.77. The van der Waals surface area contributed by atoms with Gasteiger partial charge >= 0.3 is 0 Å². The molecule has 0 aliphatic carbocycles. The molecule has 1 heterocycles. The van der Waals surface area contributed by atoms with Gasteiger partial charge < -0.3 is 10.6 Å². The Balaban J connectivity index is 2.11. The SMILES string of the molecule is N=C(N)CCN1CCCc2ccccc21.